The molecule has 0 radical (unpaired) electrons. The van der Waals surface area contributed by atoms with Gasteiger partial charge >= 0.3 is 0 Å². The summed E-state index contributed by atoms with van der Waals surface area (Å²) in [4.78, 5) is 0. The topological polar surface area (TPSA) is 0 Å². The third-order valence-corrected chi connectivity index (χ3v) is 23.3. The number of hydrogen-bond donors (Lipinski definition) is 0. The molecule has 12 rings (SSSR count). The quantitative estimate of drug-likeness (QED) is 0.0265. The summed E-state index contributed by atoms with van der Waals surface area (Å²) in [6, 6.07) is 70.4. The zero-order valence-electron chi connectivity index (χ0n) is 73.3. The van der Waals surface area contributed by atoms with Gasteiger partial charge in [-0.25, -0.2) is 43.9 Å². The van der Waals surface area contributed by atoms with Gasteiger partial charge in [0, 0.05) is 33.4 Å². The molecule has 0 nitrogen and oxygen atoms in total. The van der Waals surface area contributed by atoms with Crippen molar-refractivity contribution in [1.82, 2.24) is 0 Å². The van der Waals surface area contributed by atoms with Crippen molar-refractivity contribution in [3.05, 3.63) is 333 Å². The van der Waals surface area contributed by atoms with E-state index in [-0.39, 0.29) is 22.3 Å². The van der Waals surface area contributed by atoms with Crippen LogP contribution in [0.4, 0.5) is 43.9 Å². The number of rotatable bonds is 40. The molecular weight excluding hydrogens is 1540 g/mol. The van der Waals surface area contributed by atoms with E-state index in [0.717, 1.165) is 109 Å². The maximum Gasteiger partial charge on any atom is 0.167 e. The molecule has 0 N–H and O–H groups in total. The second-order valence-corrected chi connectivity index (χ2v) is 33.0. The second-order valence-electron chi connectivity index (χ2n) is 33.0. The predicted octanol–water partition coefficient (Wildman–Crippen LogP) is 35.7. The van der Waals surface area contributed by atoms with E-state index in [1.165, 1.54) is 170 Å². The molecule has 0 atom stereocenters. The maximum atomic E-state index is 14.9. The molecule has 12 aromatic carbocycles. The van der Waals surface area contributed by atoms with Gasteiger partial charge in [-0.15, -0.1) is 0 Å². The van der Waals surface area contributed by atoms with Crippen molar-refractivity contribution in [3.63, 3.8) is 0 Å². The summed E-state index contributed by atoms with van der Waals surface area (Å²) in [7, 11) is 0. The fraction of sp³-hybridized carbons (Fsp3) is 0.357. The minimum atomic E-state index is -0.972. The van der Waals surface area contributed by atoms with Gasteiger partial charge in [-0.05, 0) is 186 Å². The third kappa shape index (κ3) is 28.8. The summed E-state index contributed by atoms with van der Waals surface area (Å²) in [6.45, 7) is 16.6. The minimum Gasteiger partial charge on any atom is -0.206 e. The second kappa shape index (κ2) is 51.1. The lowest BCUT2D eigenvalue weighted by molar-refractivity contribution is 0.496. The van der Waals surface area contributed by atoms with Gasteiger partial charge in [-0.1, -0.05) is 405 Å². The van der Waals surface area contributed by atoms with Gasteiger partial charge in [-0.2, -0.15) is 0 Å². The van der Waals surface area contributed by atoms with Crippen molar-refractivity contribution in [1.29, 1.82) is 0 Å². The highest BCUT2D eigenvalue weighted by atomic mass is 19.2. The largest absolute Gasteiger partial charge is 0.206 e. The van der Waals surface area contributed by atoms with Crippen LogP contribution in [0.1, 0.15) is 252 Å². The Balaban J connectivity index is 0.000000185. The van der Waals surface area contributed by atoms with Gasteiger partial charge in [0.25, 0.3) is 0 Å². The fourth-order valence-electron chi connectivity index (χ4n) is 15.6. The van der Waals surface area contributed by atoms with E-state index in [9.17, 15) is 43.9 Å². The highest BCUT2D eigenvalue weighted by Gasteiger charge is 2.22. The molecule has 0 fully saturated rings. The van der Waals surface area contributed by atoms with E-state index in [4.69, 9.17) is 0 Å². The first kappa shape index (κ1) is 95.8. The first-order valence-electron chi connectivity index (χ1n) is 45.2. The van der Waals surface area contributed by atoms with Crippen molar-refractivity contribution < 1.29 is 43.9 Å². The van der Waals surface area contributed by atoms with Crippen molar-refractivity contribution in [2.24, 2.45) is 0 Å². The summed E-state index contributed by atoms with van der Waals surface area (Å²) in [5, 5.41) is 0. The number of unbranched alkanes of at least 4 members (excludes halogenated alkanes) is 22. The van der Waals surface area contributed by atoms with Crippen LogP contribution < -0.4 is 0 Å². The Morgan fingerprint density at radius 2 is 0.393 bits per heavy atom. The van der Waals surface area contributed by atoms with Crippen molar-refractivity contribution in [2.75, 3.05) is 0 Å². The number of benzene rings is 12. The van der Waals surface area contributed by atoms with E-state index in [1.807, 2.05) is 111 Å². The fourth-order valence-corrected chi connectivity index (χ4v) is 15.6. The van der Waals surface area contributed by atoms with E-state index in [2.05, 4.69) is 83.1 Å². The van der Waals surface area contributed by atoms with Gasteiger partial charge < -0.3 is 0 Å². The highest BCUT2D eigenvalue weighted by molar-refractivity contribution is 5.76. The summed E-state index contributed by atoms with van der Waals surface area (Å²) < 4.78 is 146. The SMILES string of the molecule is CCCCCCCCCCc1ccc(-c2ccc(-c3ccc(C)cc3)cc2F)c(F)c1F.CCCCCCCCCc1ccc(-c2ccc(-c3ccc(CCCCC)cc3)cc2)c(F)c1F.CCCCCCCCc1ccc(-c2ccc(-c3ccc(C)cc3)cc2F)c(F)c1F.CCCCCc1ccc(-c2ccc(-c3ccc(C)c(F)c3F)cc2)cc1. The van der Waals surface area contributed by atoms with Crippen LogP contribution in [0.3, 0.4) is 0 Å². The van der Waals surface area contributed by atoms with Crippen LogP contribution in [-0.4, -0.2) is 0 Å². The number of aryl methyl sites for hydroxylation is 8. The van der Waals surface area contributed by atoms with Crippen LogP contribution in [0.2, 0.25) is 0 Å². The van der Waals surface area contributed by atoms with Crippen molar-refractivity contribution in [3.8, 4) is 89.0 Å². The molecule has 0 amide bonds. The molecule has 0 aliphatic rings. The van der Waals surface area contributed by atoms with Crippen molar-refractivity contribution in [2.45, 2.75) is 261 Å². The van der Waals surface area contributed by atoms with E-state index in [1.54, 1.807) is 55.5 Å². The molecule has 12 aromatic rings. The van der Waals surface area contributed by atoms with Crippen LogP contribution in [0.5, 0.6) is 0 Å². The Morgan fingerprint density at radius 3 is 0.713 bits per heavy atom. The zero-order chi connectivity index (χ0) is 87.1. The van der Waals surface area contributed by atoms with Crippen LogP contribution >= 0.6 is 0 Å². The van der Waals surface area contributed by atoms with Crippen LogP contribution in [0.15, 0.2) is 231 Å². The molecule has 0 bridgehead atoms. The third-order valence-electron chi connectivity index (χ3n) is 23.3. The predicted molar refractivity (Wildman–Crippen MR) is 495 cm³/mol. The molecule has 0 saturated heterocycles. The van der Waals surface area contributed by atoms with E-state index < -0.39 is 58.2 Å². The first-order chi connectivity index (χ1) is 59.2. The molecule has 0 aliphatic carbocycles. The van der Waals surface area contributed by atoms with E-state index in [0.29, 0.717) is 74.9 Å². The molecule has 10 heteroatoms. The van der Waals surface area contributed by atoms with Gasteiger partial charge in [0.15, 0.2) is 46.5 Å². The average Bonchev–Trinajstić information content (AvgIpc) is 0.802. The highest BCUT2D eigenvalue weighted by Crippen LogP contribution is 2.37. The average molecular weight is 1660 g/mol. The Hall–Kier alpha value is -10.1. The molecule has 0 heterocycles. The Labute approximate surface area is 722 Å². The molecule has 644 valence electrons. The smallest absolute Gasteiger partial charge is 0.167 e. The van der Waals surface area contributed by atoms with Gasteiger partial charge in [0.1, 0.15) is 11.6 Å². The molecule has 0 aromatic heterocycles. The van der Waals surface area contributed by atoms with Crippen LogP contribution in [-0.2, 0) is 32.1 Å². The lowest BCUT2D eigenvalue weighted by Gasteiger charge is -2.11. The monoisotopic (exact) mass is 1660 g/mol. The maximum absolute atomic E-state index is 14.9. The summed E-state index contributed by atoms with van der Waals surface area (Å²) in [5.74, 6) is -7.75. The van der Waals surface area contributed by atoms with Crippen LogP contribution in [0.25, 0.3) is 89.0 Å². The molecule has 0 spiro atoms. The minimum absolute atomic E-state index is 0.0323. The molecule has 0 unspecified atom stereocenters. The standard InChI is InChI=1S/C32H40F2.C29H33F3.C27H29F3.C24H24F2/c1-3-5-7-8-9-10-12-14-29-23-24-30(32(34)31(29)33)28-21-19-27(20-22-28)26-17-15-25(16-18-26)13-11-6-4-2;1-3-4-5-6-7-8-9-10-11-23-16-19-26(29(32)28(23)31)25-18-17-24(20-27(25)30)22-14-12-21(2)13-15-22;1-3-4-5-6-7-8-9-21-14-17-24(27(30)26(21)29)23-16-15-22(18-25(23)28)20-12-10-19(2)11-13-20;1-3-4-5-6-18-8-10-19(11-9-18)20-12-14-21(15-13-20)22-16-7-17(2)23(25)24(22)26/h15-24H,3-14H2,1-2H3;12-20H,3-11H2,1-2H3;10-18H,3-9H2,1-2H3;7-16H,3-6H2,1-2H3. The molecule has 0 aliphatic heterocycles. The number of halogens is 10. The summed E-state index contributed by atoms with van der Waals surface area (Å²) >= 11 is 0. The van der Waals surface area contributed by atoms with Gasteiger partial charge in [0.05, 0.1) is 0 Å². The summed E-state index contributed by atoms with van der Waals surface area (Å²) in [6.07, 6.45) is 35.3. The Kier molecular flexibility index (Phi) is 40.1. The van der Waals surface area contributed by atoms with Gasteiger partial charge in [-0.3, -0.25) is 0 Å². The van der Waals surface area contributed by atoms with Gasteiger partial charge in [0.2, 0.25) is 0 Å². The molecular formula is C112H126F10. The lowest BCUT2D eigenvalue weighted by Crippen LogP contribution is -1.99. The van der Waals surface area contributed by atoms with Crippen LogP contribution in [0, 0.1) is 78.9 Å². The zero-order valence-corrected chi connectivity index (χ0v) is 73.3. The Morgan fingerprint density at radius 1 is 0.172 bits per heavy atom. The van der Waals surface area contributed by atoms with E-state index >= 15 is 0 Å². The molecule has 122 heavy (non-hydrogen) atoms. The lowest BCUT2D eigenvalue weighted by atomic mass is 9.96. The molecule has 0 saturated carbocycles. The normalized spacial score (nSPS) is 11.1. The Bertz CT molecular complexity index is 5120. The summed E-state index contributed by atoms with van der Waals surface area (Å²) in [5.41, 5.74) is 16.2. The number of hydrogen-bond acceptors (Lipinski definition) is 0. The van der Waals surface area contributed by atoms with Crippen molar-refractivity contribution >= 4 is 0 Å². The first-order valence-corrected chi connectivity index (χ1v) is 45.2.